The molecule has 0 aromatic heterocycles. The first-order valence-electron chi connectivity index (χ1n) is 9.46. The van der Waals surface area contributed by atoms with Crippen LogP contribution in [0.5, 0.6) is 0 Å². The maximum absolute atomic E-state index is 12.9. The summed E-state index contributed by atoms with van der Waals surface area (Å²) in [5, 5.41) is 2.88. The Kier molecular flexibility index (Phi) is 6.71. The number of nitrogens with zero attached hydrogens (tertiary/aromatic N) is 1. The molecule has 2 aromatic rings. The molecule has 5 heteroatoms. The molecule has 0 saturated carbocycles. The molecule has 1 N–H and O–H groups in total. The van der Waals surface area contributed by atoms with Gasteiger partial charge in [0.2, 0.25) is 5.91 Å². The zero-order valence-corrected chi connectivity index (χ0v) is 15.4. The summed E-state index contributed by atoms with van der Waals surface area (Å²) in [6.45, 7) is 3.58. The molecule has 142 valence electrons. The van der Waals surface area contributed by atoms with Gasteiger partial charge in [-0.3, -0.25) is 14.5 Å². The second-order valence-corrected chi connectivity index (χ2v) is 6.93. The molecule has 0 radical (unpaired) electrons. The van der Waals surface area contributed by atoms with Gasteiger partial charge >= 0.3 is 0 Å². The van der Waals surface area contributed by atoms with Crippen LogP contribution in [-0.2, 0) is 17.8 Å². The van der Waals surface area contributed by atoms with Crippen LogP contribution in [-0.4, -0.2) is 36.2 Å². The normalized spacial score (nSPS) is 13.8. The van der Waals surface area contributed by atoms with E-state index < -0.39 is 0 Å². The van der Waals surface area contributed by atoms with E-state index in [4.69, 9.17) is 0 Å². The van der Waals surface area contributed by atoms with Gasteiger partial charge in [0.25, 0.3) is 0 Å². The lowest BCUT2D eigenvalue weighted by Crippen LogP contribution is -2.33. The van der Waals surface area contributed by atoms with Crippen molar-refractivity contribution in [3.63, 3.8) is 0 Å². The minimum Gasteiger partial charge on any atom is -0.356 e. The third kappa shape index (κ3) is 5.73. The van der Waals surface area contributed by atoms with E-state index >= 15 is 0 Å². The lowest BCUT2D eigenvalue weighted by atomic mass is 10.00. The summed E-state index contributed by atoms with van der Waals surface area (Å²) >= 11 is 0. The Labute approximate surface area is 159 Å². The van der Waals surface area contributed by atoms with Gasteiger partial charge in [0, 0.05) is 44.6 Å². The van der Waals surface area contributed by atoms with Gasteiger partial charge in [-0.05, 0) is 48.2 Å². The molecule has 0 spiro atoms. The van der Waals surface area contributed by atoms with Gasteiger partial charge in [-0.1, -0.05) is 24.3 Å². The highest BCUT2D eigenvalue weighted by atomic mass is 19.1. The fourth-order valence-corrected chi connectivity index (χ4v) is 3.37. The minimum atomic E-state index is -0.374. The number of rotatable bonds is 8. The van der Waals surface area contributed by atoms with Crippen LogP contribution >= 0.6 is 0 Å². The Morgan fingerprint density at radius 3 is 2.52 bits per heavy atom. The van der Waals surface area contributed by atoms with Gasteiger partial charge in [0.05, 0.1) is 0 Å². The van der Waals surface area contributed by atoms with Crippen LogP contribution in [0.2, 0.25) is 0 Å². The van der Waals surface area contributed by atoms with E-state index in [1.165, 1.54) is 35.4 Å². The summed E-state index contributed by atoms with van der Waals surface area (Å²) in [5.41, 5.74) is 3.27. The smallest absolute Gasteiger partial charge is 0.220 e. The van der Waals surface area contributed by atoms with E-state index in [1.807, 2.05) is 0 Å². The van der Waals surface area contributed by atoms with Crippen molar-refractivity contribution in [3.8, 4) is 0 Å². The average molecular weight is 368 g/mol. The van der Waals surface area contributed by atoms with Gasteiger partial charge in [-0.15, -0.1) is 0 Å². The summed E-state index contributed by atoms with van der Waals surface area (Å²) in [4.78, 5) is 26.3. The van der Waals surface area contributed by atoms with Crippen molar-refractivity contribution in [1.82, 2.24) is 10.2 Å². The van der Waals surface area contributed by atoms with Crippen LogP contribution in [0.15, 0.2) is 48.5 Å². The van der Waals surface area contributed by atoms with Crippen molar-refractivity contribution in [1.29, 1.82) is 0 Å². The lowest BCUT2D eigenvalue weighted by molar-refractivity contribution is -0.121. The molecule has 0 fully saturated rings. The van der Waals surface area contributed by atoms with E-state index in [0.717, 1.165) is 32.5 Å². The van der Waals surface area contributed by atoms with Crippen molar-refractivity contribution in [2.24, 2.45) is 0 Å². The van der Waals surface area contributed by atoms with Crippen molar-refractivity contribution in [3.05, 3.63) is 71.0 Å². The van der Waals surface area contributed by atoms with Crippen LogP contribution in [0.25, 0.3) is 0 Å². The number of benzene rings is 2. The number of nitrogens with one attached hydrogen (secondary N) is 1. The quantitative estimate of drug-likeness (QED) is 0.574. The second kappa shape index (κ2) is 9.42. The van der Waals surface area contributed by atoms with Gasteiger partial charge < -0.3 is 5.32 Å². The molecule has 1 aliphatic heterocycles. The monoisotopic (exact) mass is 368 g/mol. The Morgan fingerprint density at radius 1 is 1.00 bits per heavy atom. The molecular weight excluding hydrogens is 343 g/mol. The molecule has 0 bridgehead atoms. The van der Waals surface area contributed by atoms with Gasteiger partial charge in [-0.2, -0.15) is 0 Å². The number of hydrogen-bond donors (Lipinski definition) is 1. The molecule has 1 amide bonds. The van der Waals surface area contributed by atoms with Crippen molar-refractivity contribution < 1.29 is 14.0 Å². The molecule has 2 aromatic carbocycles. The van der Waals surface area contributed by atoms with Gasteiger partial charge in [0.15, 0.2) is 5.78 Å². The first-order valence-corrected chi connectivity index (χ1v) is 9.46. The predicted octanol–water partition coefficient (Wildman–Crippen LogP) is 3.35. The van der Waals surface area contributed by atoms with Gasteiger partial charge in [-0.25, -0.2) is 4.39 Å². The number of carbonyl (C=O) groups is 2. The highest BCUT2D eigenvalue weighted by Crippen LogP contribution is 2.18. The maximum atomic E-state index is 12.9. The van der Waals surface area contributed by atoms with E-state index in [1.54, 1.807) is 0 Å². The number of carbonyl (C=O) groups excluding carboxylic acids is 2. The van der Waals surface area contributed by atoms with Gasteiger partial charge in [0.1, 0.15) is 5.82 Å². The van der Waals surface area contributed by atoms with E-state index in [9.17, 15) is 14.0 Å². The summed E-state index contributed by atoms with van der Waals surface area (Å²) in [6.07, 6.45) is 2.27. The standard InChI is InChI=1S/C22H25FN2O2/c23-20-8-6-18(7-9-20)21(26)10-11-22(27)24-13-3-14-25-15-12-17-4-1-2-5-19(17)16-25/h1-2,4-9H,3,10-16H2,(H,24,27). The molecule has 1 heterocycles. The molecule has 0 unspecified atom stereocenters. The topological polar surface area (TPSA) is 49.4 Å². The Bertz CT molecular complexity index is 789. The van der Waals surface area contributed by atoms with Crippen molar-refractivity contribution in [2.45, 2.75) is 32.2 Å². The second-order valence-electron chi connectivity index (χ2n) is 6.93. The molecule has 0 saturated heterocycles. The number of halogens is 1. The molecular formula is C22H25FN2O2. The molecule has 27 heavy (non-hydrogen) atoms. The average Bonchev–Trinajstić information content (AvgIpc) is 2.70. The lowest BCUT2D eigenvalue weighted by Gasteiger charge is -2.28. The van der Waals surface area contributed by atoms with E-state index in [2.05, 4.69) is 34.5 Å². The fraction of sp³-hybridized carbons (Fsp3) is 0.364. The minimum absolute atomic E-state index is 0.116. The maximum Gasteiger partial charge on any atom is 0.220 e. The highest BCUT2D eigenvalue weighted by Gasteiger charge is 2.15. The van der Waals surface area contributed by atoms with Crippen LogP contribution in [0.1, 0.15) is 40.7 Å². The number of hydrogen-bond acceptors (Lipinski definition) is 3. The summed E-state index contributed by atoms with van der Waals surface area (Å²) in [5.74, 6) is -0.631. The van der Waals surface area contributed by atoms with Crippen LogP contribution in [0, 0.1) is 5.82 Å². The Hall–Kier alpha value is -2.53. The largest absolute Gasteiger partial charge is 0.356 e. The zero-order valence-electron chi connectivity index (χ0n) is 15.4. The number of ketones is 1. The number of fused-ring (bicyclic) bond motifs is 1. The summed E-state index contributed by atoms with van der Waals surface area (Å²) in [6, 6.07) is 14.0. The third-order valence-corrected chi connectivity index (χ3v) is 4.93. The third-order valence-electron chi connectivity index (χ3n) is 4.93. The van der Waals surface area contributed by atoms with E-state index in [-0.39, 0.29) is 30.3 Å². The van der Waals surface area contributed by atoms with Crippen molar-refractivity contribution in [2.75, 3.05) is 19.6 Å². The zero-order chi connectivity index (χ0) is 19.1. The number of Topliss-reactive ketones (excluding diaryl/α,β-unsaturated/α-hetero) is 1. The highest BCUT2D eigenvalue weighted by molar-refractivity contribution is 5.97. The fourth-order valence-electron chi connectivity index (χ4n) is 3.37. The van der Waals surface area contributed by atoms with Crippen LogP contribution in [0.4, 0.5) is 4.39 Å². The molecule has 0 atom stereocenters. The predicted molar refractivity (Wildman–Crippen MR) is 103 cm³/mol. The van der Waals surface area contributed by atoms with Crippen LogP contribution in [0.3, 0.4) is 0 Å². The molecule has 3 rings (SSSR count). The Morgan fingerprint density at radius 2 is 1.74 bits per heavy atom. The summed E-state index contributed by atoms with van der Waals surface area (Å²) < 4.78 is 12.9. The van der Waals surface area contributed by atoms with Crippen molar-refractivity contribution >= 4 is 11.7 Å². The number of amides is 1. The molecule has 1 aliphatic rings. The van der Waals surface area contributed by atoms with E-state index in [0.29, 0.717) is 12.1 Å². The first kappa shape index (κ1) is 19.2. The molecule has 0 aliphatic carbocycles. The molecule has 4 nitrogen and oxygen atoms in total. The summed E-state index contributed by atoms with van der Waals surface area (Å²) in [7, 11) is 0. The van der Waals surface area contributed by atoms with Crippen LogP contribution < -0.4 is 5.32 Å². The SMILES string of the molecule is O=C(CCC(=O)c1ccc(F)cc1)NCCCN1CCc2ccccc2C1. The first-order chi connectivity index (χ1) is 13.1. The Balaban J connectivity index is 1.31.